The maximum Gasteiger partial charge on any atom is 0.417 e. The fourth-order valence-corrected chi connectivity index (χ4v) is 4.78. The molecule has 4 rings (SSSR count). The first kappa shape index (κ1) is 20.7. The van der Waals surface area contributed by atoms with Crippen molar-refractivity contribution >= 4 is 5.91 Å². The molecule has 1 unspecified atom stereocenters. The Morgan fingerprint density at radius 3 is 2.34 bits per heavy atom. The summed E-state index contributed by atoms with van der Waals surface area (Å²) in [5.41, 5.74) is -2.08. The molecule has 4 aliphatic rings. The zero-order valence-electron chi connectivity index (χ0n) is 16.6. The molecule has 2 saturated carbocycles. The van der Waals surface area contributed by atoms with Crippen molar-refractivity contribution in [1.29, 1.82) is 0 Å². The van der Waals surface area contributed by atoms with E-state index in [1.54, 1.807) is 6.08 Å². The third kappa shape index (κ3) is 4.33. The number of nitrogens with zero attached hydrogens (tertiary/aromatic N) is 2. The minimum atomic E-state index is -4.62. The Labute approximate surface area is 169 Å². The quantitative estimate of drug-likeness (QED) is 0.744. The average molecular weight is 413 g/mol. The van der Waals surface area contributed by atoms with Crippen molar-refractivity contribution in [2.24, 2.45) is 0 Å². The third-order valence-corrected chi connectivity index (χ3v) is 6.71. The largest absolute Gasteiger partial charge is 0.417 e. The fraction of sp³-hybridized carbons (Fsp3) is 0.762. The van der Waals surface area contributed by atoms with E-state index in [2.05, 4.69) is 10.2 Å². The SMILES string of the molecule is O=C(NC1CC1)C1=CC=CC(N2CCCCC2)N1C1CCC(O)(C(F)(F)F)CC1. The number of rotatable bonds is 4. The van der Waals surface area contributed by atoms with E-state index >= 15 is 0 Å². The molecule has 2 heterocycles. The van der Waals surface area contributed by atoms with Crippen molar-refractivity contribution in [1.82, 2.24) is 15.1 Å². The predicted octanol–water partition coefficient (Wildman–Crippen LogP) is 3.07. The molecular formula is C21H30F3N3O2. The number of piperidine rings is 1. The van der Waals surface area contributed by atoms with E-state index in [1.807, 2.05) is 17.1 Å². The highest BCUT2D eigenvalue weighted by molar-refractivity contribution is 5.94. The predicted molar refractivity (Wildman–Crippen MR) is 103 cm³/mol. The number of amides is 1. The van der Waals surface area contributed by atoms with Crippen LogP contribution in [0.3, 0.4) is 0 Å². The topological polar surface area (TPSA) is 55.8 Å². The number of hydrogen-bond acceptors (Lipinski definition) is 4. The van der Waals surface area contributed by atoms with E-state index in [0.717, 1.165) is 38.8 Å². The summed E-state index contributed by atoms with van der Waals surface area (Å²) in [6.45, 7) is 1.84. The van der Waals surface area contributed by atoms with Gasteiger partial charge in [-0.3, -0.25) is 9.69 Å². The van der Waals surface area contributed by atoms with Gasteiger partial charge in [-0.2, -0.15) is 13.2 Å². The van der Waals surface area contributed by atoms with E-state index in [0.29, 0.717) is 5.70 Å². The Kier molecular flexibility index (Phi) is 5.68. The second kappa shape index (κ2) is 7.95. The van der Waals surface area contributed by atoms with Crippen LogP contribution in [-0.4, -0.2) is 63.9 Å². The highest BCUT2D eigenvalue weighted by Gasteiger charge is 2.55. The molecule has 29 heavy (non-hydrogen) atoms. The summed E-state index contributed by atoms with van der Waals surface area (Å²) in [4.78, 5) is 17.3. The molecule has 1 saturated heterocycles. The number of aliphatic hydroxyl groups is 1. The Balaban J connectivity index is 1.55. The van der Waals surface area contributed by atoms with Gasteiger partial charge in [-0.15, -0.1) is 0 Å². The minimum absolute atomic E-state index is 0.123. The normalized spacial score (nSPS) is 34.1. The maximum absolute atomic E-state index is 13.3. The number of hydrogen-bond donors (Lipinski definition) is 2. The van der Waals surface area contributed by atoms with Crippen LogP contribution in [0.1, 0.15) is 57.8 Å². The molecule has 2 N–H and O–H groups in total. The van der Waals surface area contributed by atoms with E-state index in [9.17, 15) is 23.1 Å². The van der Waals surface area contributed by atoms with Gasteiger partial charge >= 0.3 is 6.18 Å². The van der Waals surface area contributed by atoms with Crippen molar-refractivity contribution in [2.75, 3.05) is 13.1 Å². The first-order chi connectivity index (χ1) is 13.8. The molecule has 0 aromatic rings. The first-order valence-electron chi connectivity index (χ1n) is 10.8. The van der Waals surface area contributed by atoms with Crippen LogP contribution in [-0.2, 0) is 4.79 Å². The highest BCUT2D eigenvalue weighted by atomic mass is 19.4. The van der Waals surface area contributed by atoms with E-state index in [-0.39, 0.29) is 49.8 Å². The van der Waals surface area contributed by atoms with Crippen LogP contribution in [0.25, 0.3) is 0 Å². The Hall–Kier alpha value is -1.54. The highest BCUT2D eigenvalue weighted by Crippen LogP contribution is 2.44. The molecule has 0 aromatic heterocycles. The van der Waals surface area contributed by atoms with Gasteiger partial charge in [-0.05, 0) is 63.5 Å². The van der Waals surface area contributed by atoms with Gasteiger partial charge in [0.25, 0.3) is 5.91 Å². The molecule has 1 atom stereocenters. The Morgan fingerprint density at radius 1 is 1.10 bits per heavy atom. The molecule has 162 valence electrons. The van der Waals surface area contributed by atoms with Crippen molar-refractivity contribution in [3.05, 3.63) is 23.9 Å². The van der Waals surface area contributed by atoms with Gasteiger partial charge in [0.15, 0.2) is 5.60 Å². The second-order valence-corrected chi connectivity index (χ2v) is 8.86. The Morgan fingerprint density at radius 2 is 1.76 bits per heavy atom. The summed E-state index contributed by atoms with van der Waals surface area (Å²) in [5.74, 6) is -0.143. The van der Waals surface area contributed by atoms with Gasteiger partial charge < -0.3 is 15.3 Å². The van der Waals surface area contributed by atoms with Crippen LogP contribution in [0.5, 0.6) is 0 Å². The maximum atomic E-state index is 13.3. The van der Waals surface area contributed by atoms with Crippen LogP contribution < -0.4 is 5.32 Å². The van der Waals surface area contributed by atoms with Crippen molar-refractivity contribution in [3.8, 4) is 0 Å². The van der Waals surface area contributed by atoms with Crippen LogP contribution >= 0.6 is 0 Å². The van der Waals surface area contributed by atoms with Gasteiger partial charge in [0.2, 0.25) is 0 Å². The molecule has 5 nitrogen and oxygen atoms in total. The molecule has 1 amide bonds. The summed E-state index contributed by atoms with van der Waals surface area (Å²) < 4.78 is 39.8. The molecule has 8 heteroatoms. The van der Waals surface area contributed by atoms with Gasteiger partial charge in [-0.1, -0.05) is 12.5 Å². The number of halogens is 3. The molecule has 0 aromatic carbocycles. The zero-order chi connectivity index (χ0) is 20.6. The molecule has 0 bridgehead atoms. The van der Waals surface area contributed by atoms with Crippen molar-refractivity contribution in [2.45, 2.75) is 87.8 Å². The molecule has 2 aliphatic carbocycles. The van der Waals surface area contributed by atoms with Gasteiger partial charge in [0, 0.05) is 25.2 Å². The van der Waals surface area contributed by atoms with Crippen LogP contribution in [0, 0.1) is 0 Å². The fourth-order valence-electron chi connectivity index (χ4n) is 4.78. The standard InChI is InChI=1S/C21H30F3N3O2/c22-21(23,24)20(29)11-9-16(10-12-20)27-17(19(28)25-15-7-8-15)5-4-6-18(27)26-13-2-1-3-14-26/h4-6,15-16,18,29H,1-3,7-14H2,(H,25,28). The molecule has 2 aliphatic heterocycles. The molecule has 3 fully saturated rings. The number of alkyl halides is 3. The number of allylic oxidation sites excluding steroid dienone is 2. The molecular weight excluding hydrogens is 383 g/mol. The average Bonchev–Trinajstić information content (AvgIpc) is 3.52. The smallest absolute Gasteiger partial charge is 0.380 e. The van der Waals surface area contributed by atoms with E-state index in [1.165, 1.54) is 6.42 Å². The van der Waals surface area contributed by atoms with Crippen LogP contribution in [0.2, 0.25) is 0 Å². The van der Waals surface area contributed by atoms with E-state index in [4.69, 9.17) is 0 Å². The van der Waals surface area contributed by atoms with Gasteiger partial charge in [0.05, 0.1) is 0 Å². The number of carbonyl (C=O) groups is 1. The summed E-state index contributed by atoms with van der Waals surface area (Å²) >= 11 is 0. The monoisotopic (exact) mass is 413 g/mol. The lowest BCUT2D eigenvalue weighted by molar-refractivity contribution is -0.272. The minimum Gasteiger partial charge on any atom is -0.380 e. The number of carbonyl (C=O) groups excluding carboxylic acids is 1. The van der Waals surface area contributed by atoms with Gasteiger partial charge in [-0.25, -0.2) is 0 Å². The summed E-state index contributed by atoms with van der Waals surface area (Å²) in [5, 5.41) is 13.1. The zero-order valence-corrected chi connectivity index (χ0v) is 16.6. The number of nitrogens with one attached hydrogen (secondary N) is 1. The lowest BCUT2D eigenvalue weighted by Gasteiger charge is -2.49. The Bertz CT molecular complexity index is 673. The van der Waals surface area contributed by atoms with E-state index < -0.39 is 11.8 Å². The van der Waals surface area contributed by atoms with Gasteiger partial charge in [0.1, 0.15) is 11.9 Å². The lowest BCUT2D eigenvalue weighted by atomic mass is 9.80. The van der Waals surface area contributed by atoms with Crippen LogP contribution in [0.15, 0.2) is 23.9 Å². The second-order valence-electron chi connectivity index (χ2n) is 8.86. The number of likely N-dealkylation sites (tertiary alicyclic amines) is 1. The van der Waals surface area contributed by atoms with Crippen molar-refractivity contribution < 1.29 is 23.1 Å². The summed E-state index contributed by atoms with van der Waals surface area (Å²) in [7, 11) is 0. The van der Waals surface area contributed by atoms with Crippen molar-refractivity contribution in [3.63, 3.8) is 0 Å². The molecule has 0 spiro atoms. The molecule has 0 radical (unpaired) electrons. The van der Waals surface area contributed by atoms with Crippen LogP contribution in [0.4, 0.5) is 13.2 Å². The first-order valence-corrected chi connectivity index (χ1v) is 10.8. The lowest BCUT2D eigenvalue weighted by Crippen LogP contribution is -2.58. The summed E-state index contributed by atoms with van der Waals surface area (Å²) in [6, 6.07) is 0.0111. The third-order valence-electron chi connectivity index (χ3n) is 6.71. The summed E-state index contributed by atoms with van der Waals surface area (Å²) in [6.07, 6.45) is 6.06.